The number of thioether (sulfide) groups is 1. The van der Waals surface area contributed by atoms with Gasteiger partial charge in [0.1, 0.15) is 5.75 Å². The molecule has 3 rings (SSSR count). The summed E-state index contributed by atoms with van der Waals surface area (Å²) in [6.45, 7) is 0.386. The monoisotopic (exact) mass is 429 g/mol. The van der Waals surface area contributed by atoms with E-state index in [1.54, 1.807) is 19.2 Å². The van der Waals surface area contributed by atoms with Crippen molar-refractivity contribution >= 4 is 29.3 Å². The molecule has 29 heavy (non-hydrogen) atoms. The van der Waals surface area contributed by atoms with Crippen LogP contribution in [0.2, 0.25) is 5.02 Å². The van der Waals surface area contributed by atoms with Gasteiger partial charge in [-0.05, 0) is 35.4 Å². The highest BCUT2D eigenvalue weighted by Crippen LogP contribution is 2.21. The lowest BCUT2D eigenvalue weighted by Gasteiger charge is -2.07. The van der Waals surface area contributed by atoms with Gasteiger partial charge in [-0.1, -0.05) is 47.6 Å². The maximum Gasteiger partial charge on any atom is 0.251 e. The molecule has 0 aliphatic rings. The zero-order valence-electron chi connectivity index (χ0n) is 15.8. The van der Waals surface area contributed by atoms with Crippen molar-refractivity contribution in [3.8, 4) is 5.75 Å². The van der Waals surface area contributed by atoms with Crippen LogP contribution >= 0.6 is 23.4 Å². The number of rotatable bonds is 8. The Morgan fingerprint density at radius 2 is 1.97 bits per heavy atom. The highest BCUT2D eigenvalue weighted by molar-refractivity contribution is 7.98. The third-order valence-corrected chi connectivity index (χ3v) is 5.22. The summed E-state index contributed by atoms with van der Waals surface area (Å²) in [5.41, 5.74) is 2.13. The van der Waals surface area contributed by atoms with E-state index in [-0.39, 0.29) is 17.9 Å². The molecule has 0 aliphatic carbocycles. The van der Waals surface area contributed by atoms with E-state index in [0.717, 1.165) is 16.9 Å². The average molecular weight is 430 g/mol. The summed E-state index contributed by atoms with van der Waals surface area (Å²) in [5, 5.41) is 3.94. The second kappa shape index (κ2) is 10.1. The Kier molecular flexibility index (Phi) is 7.32. The number of benzene rings is 2. The van der Waals surface area contributed by atoms with Crippen molar-refractivity contribution in [1.82, 2.24) is 15.3 Å². The van der Waals surface area contributed by atoms with Crippen LogP contribution < -0.4 is 15.6 Å². The van der Waals surface area contributed by atoms with Crippen LogP contribution in [0.3, 0.4) is 0 Å². The number of carbonyl (C=O) groups excluding carboxylic acids is 1. The molecule has 0 saturated heterocycles. The van der Waals surface area contributed by atoms with Crippen LogP contribution in [-0.2, 0) is 23.5 Å². The second-order valence-corrected chi connectivity index (χ2v) is 7.66. The predicted octanol–water partition coefficient (Wildman–Crippen LogP) is 3.58. The number of hydrogen-bond acceptors (Lipinski definition) is 5. The predicted molar refractivity (Wildman–Crippen MR) is 114 cm³/mol. The van der Waals surface area contributed by atoms with Crippen molar-refractivity contribution in [3.63, 3.8) is 0 Å². The first-order valence-electron chi connectivity index (χ1n) is 8.89. The lowest BCUT2D eigenvalue weighted by atomic mass is 10.2. The Hall–Kier alpha value is -2.77. The standard InChI is InChI=1S/C21H20ClN3O3S/c1-28-18-4-2-3-15(9-18)13-29-21-24-17(11-20(27)25-21)10-19(26)23-12-14-5-7-16(22)8-6-14/h2-9,11H,10,12-13H2,1H3,(H,23,26)(H,24,25,27). The first-order chi connectivity index (χ1) is 14.0. The zero-order valence-corrected chi connectivity index (χ0v) is 17.3. The number of nitrogens with one attached hydrogen (secondary N) is 2. The summed E-state index contributed by atoms with van der Waals surface area (Å²) in [7, 11) is 1.62. The number of amides is 1. The van der Waals surface area contributed by atoms with Gasteiger partial charge in [0, 0.05) is 23.4 Å². The molecule has 1 amide bonds. The van der Waals surface area contributed by atoms with Gasteiger partial charge in [0.2, 0.25) is 5.91 Å². The fourth-order valence-electron chi connectivity index (χ4n) is 2.59. The minimum Gasteiger partial charge on any atom is -0.497 e. The maximum atomic E-state index is 12.2. The number of hydrogen-bond donors (Lipinski definition) is 2. The maximum absolute atomic E-state index is 12.2. The largest absolute Gasteiger partial charge is 0.497 e. The van der Waals surface area contributed by atoms with E-state index in [0.29, 0.717) is 28.2 Å². The van der Waals surface area contributed by atoms with Crippen LogP contribution in [0, 0.1) is 0 Å². The van der Waals surface area contributed by atoms with Gasteiger partial charge in [-0.15, -0.1) is 0 Å². The van der Waals surface area contributed by atoms with Crippen molar-refractivity contribution in [1.29, 1.82) is 0 Å². The summed E-state index contributed by atoms with van der Waals surface area (Å²) < 4.78 is 5.22. The van der Waals surface area contributed by atoms with Crippen LogP contribution in [0.15, 0.2) is 64.5 Å². The molecule has 1 heterocycles. The van der Waals surface area contributed by atoms with E-state index >= 15 is 0 Å². The molecule has 0 spiro atoms. The fraction of sp³-hybridized carbons (Fsp3) is 0.190. The van der Waals surface area contributed by atoms with Crippen molar-refractivity contribution in [2.45, 2.75) is 23.9 Å². The van der Waals surface area contributed by atoms with E-state index in [2.05, 4.69) is 15.3 Å². The third-order valence-electron chi connectivity index (χ3n) is 4.03. The quantitative estimate of drug-likeness (QED) is 0.422. The van der Waals surface area contributed by atoms with Gasteiger partial charge in [0.15, 0.2) is 5.16 Å². The topological polar surface area (TPSA) is 84.1 Å². The van der Waals surface area contributed by atoms with Gasteiger partial charge in [-0.2, -0.15) is 0 Å². The number of ether oxygens (including phenoxy) is 1. The molecule has 0 radical (unpaired) electrons. The van der Waals surface area contributed by atoms with Crippen LogP contribution in [0.4, 0.5) is 0 Å². The van der Waals surface area contributed by atoms with E-state index in [1.807, 2.05) is 36.4 Å². The third kappa shape index (κ3) is 6.66. The number of halogens is 1. The number of aromatic nitrogens is 2. The van der Waals surface area contributed by atoms with Gasteiger partial charge in [0.05, 0.1) is 19.2 Å². The molecular formula is C21H20ClN3O3S. The fourth-order valence-corrected chi connectivity index (χ4v) is 3.55. The van der Waals surface area contributed by atoms with Crippen LogP contribution in [0.25, 0.3) is 0 Å². The van der Waals surface area contributed by atoms with Crippen LogP contribution in [0.5, 0.6) is 5.75 Å². The SMILES string of the molecule is COc1cccc(CSc2nc(CC(=O)NCc3ccc(Cl)cc3)cc(=O)[nH]2)c1. The van der Waals surface area contributed by atoms with Crippen molar-refractivity contribution in [3.05, 3.63) is 86.8 Å². The summed E-state index contributed by atoms with van der Waals surface area (Å²) in [5.74, 6) is 1.18. The average Bonchev–Trinajstić information content (AvgIpc) is 2.71. The Morgan fingerprint density at radius 3 is 2.72 bits per heavy atom. The highest BCUT2D eigenvalue weighted by Gasteiger charge is 2.08. The van der Waals surface area contributed by atoms with Gasteiger partial charge < -0.3 is 15.0 Å². The van der Waals surface area contributed by atoms with E-state index in [1.165, 1.54) is 17.8 Å². The molecule has 0 atom stereocenters. The van der Waals surface area contributed by atoms with E-state index in [4.69, 9.17) is 16.3 Å². The normalized spacial score (nSPS) is 10.6. The molecule has 2 N–H and O–H groups in total. The van der Waals surface area contributed by atoms with E-state index < -0.39 is 0 Å². The Bertz CT molecular complexity index is 1040. The molecule has 0 bridgehead atoms. The van der Waals surface area contributed by atoms with Gasteiger partial charge in [0.25, 0.3) is 5.56 Å². The second-order valence-electron chi connectivity index (χ2n) is 6.26. The Balaban J connectivity index is 1.58. The molecule has 150 valence electrons. The number of aromatic amines is 1. The van der Waals surface area contributed by atoms with Crippen molar-refractivity contribution in [2.24, 2.45) is 0 Å². The summed E-state index contributed by atoms with van der Waals surface area (Å²) in [6.07, 6.45) is 0.0320. The lowest BCUT2D eigenvalue weighted by molar-refractivity contribution is -0.120. The molecule has 2 aromatic carbocycles. The molecule has 3 aromatic rings. The molecule has 0 aliphatic heterocycles. The van der Waals surface area contributed by atoms with E-state index in [9.17, 15) is 9.59 Å². The number of carbonyl (C=O) groups is 1. The molecule has 8 heteroatoms. The van der Waals surface area contributed by atoms with Crippen LogP contribution in [-0.4, -0.2) is 23.0 Å². The minimum absolute atomic E-state index is 0.0320. The smallest absolute Gasteiger partial charge is 0.251 e. The molecule has 6 nitrogen and oxygen atoms in total. The van der Waals surface area contributed by atoms with Crippen molar-refractivity contribution < 1.29 is 9.53 Å². The van der Waals surface area contributed by atoms with Crippen molar-refractivity contribution in [2.75, 3.05) is 7.11 Å². The first kappa shape index (κ1) is 21.0. The Morgan fingerprint density at radius 1 is 1.17 bits per heavy atom. The van der Waals surface area contributed by atoms with Gasteiger partial charge in [-0.3, -0.25) is 9.59 Å². The molecule has 0 unspecified atom stereocenters. The number of nitrogens with zero attached hydrogens (tertiary/aromatic N) is 1. The summed E-state index contributed by atoms with van der Waals surface area (Å²) >= 11 is 7.25. The summed E-state index contributed by atoms with van der Waals surface area (Å²) in [4.78, 5) is 31.3. The molecule has 0 saturated carbocycles. The van der Waals surface area contributed by atoms with Crippen LogP contribution in [0.1, 0.15) is 16.8 Å². The molecule has 0 fully saturated rings. The van der Waals surface area contributed by atoms with Gasteiger partial charge >= 0.3 is 0 Å². The Labute approximate surface area is 177 Å². The molecular weight excluding hydrogens is 410 g/mol. The number of methoxy groups -OCH3 is 1. The minimum atomic E-state index is -0.284. The molecule has 1 aromatic heterocycles. The first-order valence-corrected chi connectivity index (χ1v) is 10.3. The lowest BCUT2D eigenvalue weighted by Crippen LogP contribution is -2.25. The zero-order chi connectivity index (χ0) is 20.6. The summed E-state index contributed by atoms with van der Waals surface area (Å²) in [6, 6.07) is 16.3. The highest BCUT2D eigenvalue weighted by atomic mass is 35.5. The van der Waals surface area contributed by atoms with Gasteiger partial charge in [-0.25, -0.2) is 4.98 Å². The number of H-pyrrole nitrogens is 1.